The maximum absolute atomic E-state index is 12.0. The zero-order valence-corrected chi connectivity index (χ0v) is 13.3. The van der Waals surface area contributed by atoms with E-state index >= 15 is 0 Å². The summed E-state index contributed by atoms with van der Waals surface area (Å²) in [6.45, 7) is 1.86. The van der Waals surface area contributed by atoms with Crippen molar-refractivity contribution < 1.29 is 9.53 Å². The summed E-state index contributed by atoms with van der Waals surface area (Å²) in [5.74, 6) is 0.425. The van der Waals surface area contributed by atoms with Crippen molar-refractivity contribution in [2.24, 2.45) is 0 Å². The molecule has 0 saturated heterocycles. The van der Waals surface area contributed by atoms with Crippen LogP contribution in [-0.2, 0) is 4.79 Å². The molecule has 0 aliphatic rings. The van der Waals surface area contributed by atoms with Crippen LogP contribution in [0.4, 0.5) is 5.13 Å². The predicted octanol–water partition coefficient (Wildman–Crippen LogP) is 3.53. The van der Waals surface area contributed by atoms with Gasteiger partial charge in [-0.05, 0) is 25.1 Å². The summed E-state index contributed by atoms with van der Waals surface area (Å²) in [4.78, 5) is 21.5. The molecule has 0 atom stereocenters. The van der Waals surface area contributed by atoms with Gasteiger partial charge >= 0.3 is 0 Å². The molecule has 0 aliphatic carbocycles. The molecule has 0 aliphatic heterocycles. The first-order valence-corrected chi connectivity index (χ1v) is 7.89. The molecule has 0 saturated carbocycles. The number of para-hydroxylation sites is 1. The van der Waals surface area contributed by atoms with Crippen LogP contribution in [0, 0.1) is 6.92 Å². The number of amides is 1. The van der Waals surface area contributed by atoms with Crippen molar-refractivity contribution in [2.75, 3.05) is 11.9 Å². The van der Waals surface area contributed by atoms with Crippen LogP contribution in [0.1, 0.15) is 5.69 Å². The number of thiazole rings is 1. The summed E-state index contributed by atoms with van der Waals surface area (Å²) in [6.07, 6.45) is 3.51. The van der Waals surface area contributed by atoms with E-state index in [9.17, 15) is 4.79 Å². The van der Waals surface area contributed by atoms with Crippen LogP contribution >= 0.6 is 11.3 Å². The smallest absolute Gasteiger partial charge is 0.264 e. The Balaban J connectivity index is 1.63. The molecule has 0 bridgehead atoms. The zero-order chi connectivity index (χ0) is 16.1. The number of hydrogen-bond acceptors (Lipinski definition) is 5. The van der Waals surface area contributed by atoms with Crippen LogP contribution in [0.25, 0.3) is 10.4 Å². The van der Waals surface area contributed by atoms with Crippen molar-refractivity contribution in [2.45, 2.75) is 6.92 Å². The quantitative estimate of drug-likeness (QED) is 0.779. The van der Waals surface area contributed by atoms with Crippen LogP contribution < -0.4 is 10.1 Å². The number of pyridine rings is 1. The monoisotopic (exact) mass is 325 g/mol. The van der Waals surface area contributed by atoms with Crippen molar-refractivity contribution in [3.63, 3.8) is 0 Å². The van der Waals surface area contributed by atoms with Gasteiger partial charge in [-0.3, -0.25) is 15.1 Å². The van der Waals surface area contributed by atoms with Crippen molar-refractivity contribution in [1.29, 1.82) is 0 Å². The first-order valence-electron chi connectivity index (χ1n) is 7.08. The fourth-order valence-electron chi connectivity index (χ4n) is 2.04. The fraction of sp³-hybridized carbons (Fsp3) is 0.118. The summed E-state index contributed by atoms with van der Waals surface area (Å²) in [5.41, 5.74) is 1.85. The SMILES string of the molecule is Cc1nc(NC(=O)COc2ccccc2)sc1-c1cccnc1. The van der Waals surface area contributed by atoms with E-state index < -0.39 is 0 Å². The minimum Gasteiger partial charge on any atom is -0.484 e. The van der Waals surface area contributed by atoms with E-state index in [2.05, 4.69) is 15.3 Å². The van der Waals surface area contributed by atoms with Gasteiger partial charge in [0.2, 0.25) is 0 Å². The number of anilines is 1. The lowest BCUT2D eigenvalue weighted by atomic mass is 10.2. The molecule has 2 aromatic heterocycles. The molecular weight excluding hydrogens is 310 g/mol. The first kappa shape index (κ1) is 15.2. The van der Waals surface area contributed by atoms with E-state index in [4.69, 9.17) is 4.74 Å². The highest BCUT2D eigenvalue weighted by atomic mass is 32.1. The normalized spacial score (nSPS) is 10.3. The molecule has 3 aromatic rings. The summed E-state index contributed by atoms with van der Waals surface area (Å²) in [6, 6.07) is 13.1. The number of nitrogens with one attached hydrogen (secondary N) is 1. The first-order chi connectivity index (χ1) is 11.2. The lowest BCUT2D eigenvalue weighted by Crippen LogP contribution is -2.20. The molecule has 0 fully saturated rings. The van der Waals surface area contributed by atoms with Gasteiger partial charge in [0.05, 0.1) is 10.6 Å². The highest BCUT2D eigenvalue weighted by molar-refractivity contribution is 7.19. The minimum absolute atomic E-state index is 0.0507. The average molecular weight is 325 g/mol. The Hall–Kier alpha value is -2.73. The lowest BCUT2D eigenvalue weighted by molar-refractivity contribution is -0.118. The lowest BCUT2D eigenvalue weighted by Gasteiger charge is -2.05. The van der Waals surface area contributed by atoms with Gasteiger partial charge < -0.3 is 4.74 Å². The van der Waals surface area contributed by atoms with Crippen molar-refractivity contribution in [3.8, 4) is 16.2 Å². The minimum atomic E-state index is -0.236. The van der Waals surface area contributed by atoms with E-state index in [1.807, 2.05) is 37.3 Å². The van der Waals surface area contributed by atoms with Gasteiger partial charge in [0.15, 0.2) is 11.7 Å². The summed E-state index contributed by atoms with van der Waals surface area (Å²) in [7, 11) is 0. The Morgan fingerprint density at radius 1 is 1.22 bits per heavy atom. The van der Waals surface area contributed by atoms with E-state index in [1.54, 1.807) is 24.5 Å². The second-order valence-electron chi connectivity index (χ2n) is 4.83. The van der Waals surface area contributed by atoms with Crippen molar-refractivity contribution in [3.05, 3.63) is 60.6 Å². The molecule has 1 amide bonds. The Kier molecular flexibility index (Phi) is 4.63. The highest BCUT2D eigenvalue weighted by Gasteiger charge is 2.12. The molecular formula is C17H15N3O2S. The number of carbonyl (C=O) groups is 1. The predicted molar refractivity (Wildman–Crippen MR) is 90.6 cm³/mol. The number of nitrogens with zero attached hydrogens (tertiary/aromatic N) is 2. The van der Waals surface area contributed by atoms with Crippen LogP contribution in [0.15, 0.2) is 54.9 Å². The molecule has 0 unspecified atom stereocenters. The number of rotatable bonds is 5. The summed E-state index contributed by atoms with van der Waals surface area (Å²) < 4.78 is 5.42. The zero-order valence-electron chi connectivity index (χ0n) is 12.5. The molecule has 116 valence electrons. The number of aryl methyl sites for hydroxylation is 1. The van der Waals surface area contributed by atoms with Gasteiger partial charge in [0.1, 0.15) is 5.75 Å². The largest absolute Gasteiger partial charge is 0.484 e. The average Bonchev–Trinajstić information content (AvgIpc) is 2.95. The molecule has 23 heavy (non-hydrogen) atoms. The topological polar surface area (TPSA) is 64.1 Å². The van der Waals surface area contributed by atoms with E-state index in [0.717, 1.165) is 16.1 Å². The third-order valence-corrected chi connectivity index (χ3v) is 4.20. The van der Waals surface area contributed by atoms with Gasteiger partial charge in [-0.1, -0.05) is 35.6 Å². The van der Waals surface area contributed by atoms with Crippen LogP contribution in [0.5, 0.6) is 5.75 Å². The van der Waals surface area contributed by atoms with Gasteiger partial charge in [-0.15, -0.1) is 0 Å². The van der Waals surface area contributed by atoms with Crippen LogP contribution in [0.2, 0.25) is 0 Å². The molecule has 5 nitrogen and oxygen atoms in total. The van der Waals surface area contributed by atoms with Crippen LogP contribution in [0.3, 0.4) is 0 Å². The Labute approximate surface area is 138 Å². The van der Waals surface area contributed by atoms with Gasteiger partial charge in [-0.2, -0.15) is 0 Å². The summed E-state index contributed by atoms with van der Waals surface area (Å²) in [5, 5.41) is 3.32. The van der Waals surface area contributed by atoms with Crippen molar-refractivity contribution in [1.82, 2.24) is 9.97 Å². The highest BCUT2D eigenvalue weighted by Crippen LogP contribution is 2.32. The van der Waals surface area contributed by atoms with Gasteiger partial charge in [0, 0.05) is 18.0 Å². The molecule has 3 rings (SSSR count). The maximum atomic E-state index is 12.0. The second-order valence-corrected chi connectivity index (χ2v) is 5.82. The third-order valence-electron chi connectivity index (χ3n) is 3.08. The van der Waals surface area contributed by atoms with Crippen LogP contribution in [-0.4, -0.2) is 22.5 Å². The fourth-order valence-corrected chi connectivity index (χ4v) is 3.01. The number of ether oxygens (including phenoxy) is 1. The Bertz CT molecular complexity index is 788. The number of hydrogen-bond donors (Lipinski definition) is 1. The number of benzene rings is 1. The summed E-state index contributed by atoms with van der Waals surface area (Å²) >= 11 is 1.42. The van der Waals surface area contributed by atoms with E-state index in [0.29, 0.717) is 10.9 Å². The Morgan fingerprint density at radius 2 is 2.04 bits per heavy atom. The molecule has 1 aromatic carbocycles. The number of carbonyl (C=O) groups excluding carboxylic acids is 1. The molecule has 0 spiro atoms. The third kappa shape index (κ3) is 3.92. The van der Waals surface area contributed by atoms with Gasteiger partial charge in [-0.25, -0.2) is 4.98 Å². The standard InChI is InChI=1S/C17H15N3O2S/c1-12-16(13-6-5-9-18-10-13)23-17(19-12)20-15(21)11-22-14-7-3-2-4-8-14/h2-10H,11H2,1H3,(H,19,20,21). The number of aromatic nitrogens is 2. The van der Waals surface area contributed by atoms with Gasteiger partial charge in [0.25, 0.3) is 5.91 Å². The van der Waals surface area contributed by atoms with E-state index in [-0.39, 0.29) is 12.5 Å². The maximum Gasteiger partial charge on any atom is 0.264 e. The second kappa shape index (κ2) is 7.02. The molecule has 0 radical (unpaired) electrons. The molecule has 2 heterocycles. The molecule has 6 heteroatoms. The van der Waals surface area contributed by atoms with E-state index in [1.165, 1.54) is 11.3 Å². The Morgan fingerprint density at radius 3 is 2.78 bits per heavy atom. The van der Waals surface area contributed by atoms with Crippen molar-refractivity contribution >= 4 is 22.4 Å². The molecule has 1 N–H and O–H groups in total.